The number of fused-ring (bicyclic) bond motifs is 1. The van der Waals surface area contributed by atoms with Crippen LogP contribution in [0.3, 0.4) is 0 Å². The second-order valence-corrected chi connectivity index (χ2v) is 3.78. The Morgan fingerprint density at radius 1 is 1.35 bits per heavy atom. The summed E-state index contributed by atoms with van der Waals surface area (Å²) in [6.45, 7) is 2.68. The molecule has 1 N–H and O–H groups in total. The van der Waals surface area contributed by atoms with Gasteiger partial charge in [0.15, 0.2) is 11.9 Å². The van der Waals surface area contributed by atoms with Crippen LogP contribution in [0.4, 0.5) is 0 Å². The highest BCUT2D eigenvalue weighted by atomic mass is 16.5. The molecule has 5 nitrogen and oxygen atoms in total. The lowest BCUT2D eigenvalue weighted by molar-refractivity contribution is -0.152. The summed E-state index contributed by atoms with van der Waals surface area (Å²) >= 11 is 0. The third-order valence-electron chi connectivity index (χ3n) is 2.45. The SMILES string of the molecule is CC(=O)OC(C(C)=O)c1cccc2[nH]ncc12. The fourth-order valence-corrected chi connectivity index (χ4v) is 1.75. The zero-order chi connectivity index (χ0) is 12.4. The van der Waals surface area contributed by atoms with Crippen molar-refractivity contribution in [3.63, 3.8) is 0 Å². The van der Waals surface area contributed by atoms with E-state index in [0.29, 0.717) is 5.56 Å². The van der Waals surface area contributed by atoms with Gasteiger partial charge in [-0.2, -0.15) is 5.10 Å². The average molecular weight is 232 g/mol. The number of carbonyl (C=O) groups excluding carboxylic acids is 2. The highest BCUT2D eigenvalue weighted by Crippen LogP contribution is 2.26. The van der Waals surface area contributed by atoms with E-state index >= 15 is 0 Å². The van der Waals surface area contributed by atoms with Gasteiger partial charge >= 0.3 is 5.97 Å². The summed E-state index contributed by atoms with van der Waals surface area (Å²) in [5.41, 5.74) is 1.46. The molecule has 88 valence electrons. The second-order valence-electron chi connectivity index (χ2n) is 3.78. The maximum atomic E-state index is 11.5. The van der Waals surface area contributed by atoms with Crippen LogP contribution < -0.4 is 0 Å². The number of nitrogens with zero attached hydrogens (tertiary/aromatic N) is 1. The van der Waals surface area contributed by atoms with E-state index in [2.05, 4.69) is 10.2 Å². The Morgan fingerprint density at radius 3 is 2.76 bits per heavy atom. The van der Waals surface area contributed by atoms with Crippen molar-refractivity contribution in [2.45, 2.75) is 20.0 Å². The predicted molar refractivity (Wildman–Crippen MR) is 61.3 cm³/mol. The predicted octanol–water partition coefficient (Wildman–Crippen LogP) is 1.76. The van der Waals surface area contributed by atoms with Crippen molar-refractivity contribution in [2.24, 2.45) is 0 Å². The molecule has 0 aliphatic rings. The van der Waals surface area contributed by atoms with Crippen molar-refractivity contribution in [3.8, 4) is 0 Å². The Balaban J connectivity index is 2.51. The van der Waals surface area contributed by atoms with Crippen LogP contribution in [0, 0.1) is 0 Å². The molecule has 0 aliphatic heterocycles. The molecule has 0 amide bonds. The zero-order valence-corrected chi connectivity index (χ0v) is 9.56. The largest absolute Gasteiger partial charge is 0.450 e. The molecular formula is C12H12N2O3. The Bertz CT molecular complexity index is 574. The maximum absolute atomic E-state index is 11.5. The Hall–Kier alpha value is -2.17. The molecule has 1 heterocycles. The van der Waals surface area contributed by atoms with Gasteiger partial charge in [-0.25, -0.2) is 0 Å². The minimum Gasteiger partial charge on any atom is -0.450 e. The van der Waals surface area contributed by atoms with E-state index in [1.54, 1.807) is 18.3 Å². The molecule has 0 saturated carbocycles. The lowest BCUT2D eigenvalue weighted by Crippen LogP contribution is -2.16. The first-order valence-corrected chi connectivity index (χ1v) is 5.19. The lowest BCUT2D eigenvalue weighted by Gasteiger charge is -2.14. The van der Waals surface area contributed by atoms with E-state index in [-0.39, 0.29) is 5.78 Å². The van der Waals surface area contributed by atoms with Crippen LogP contribution >= 0.6 is 0 Å². The van der Waals surface area contributed by atoms with Crippen LogP contribution in [-0.2, 0) is 14.3 Å². The summed E-state index contributed by atoms with van der Waals surface area (Å²) in [6.07, 6.45) is 0.748. The minimum atomic E-state index is -0.867. The fraction of sp³-hybridized carbons (Fsp3) is 0.250. The third kappa shape index (κ3) is 2.18. The Kier molecular flexibility index (Phi) is 2.91. The van der Waals surface area contributed by atoms with Crippen molar-refractivity contribution >= 4 is 22.7 Å². The first-order valence-electron chi connectivity index (χ1n) is 5.19. The summed E-state index contributed by atoms with van der Waals surface area (Å²) < 4.78 is 5.05. The summed E-state index contributed by atoms with van der Waals surface area (Å²) in [6, 6.07) is 5.39. The van der Waals surface area contributed by atoms with Gasteiger partial charge in [0, 0.05) is 17.9 Å². The summed E-state index contributed by atoms with van der Waals surface area (Å²) in [5.74, 6) is -0.695. The third-order valence-corrected chi connectivity index (χ3v) is 2.45. The van der Waals surface area contributed by atoms with Gasteiger partial charge in [0.05, 0.1) is 11.7 Å². The Morgan fingerprint density at radius 2 is 2.12 bits per heavy atom. The van der Waals surface area contributed by atoms with E-state index in [0.717, 1.165) is 10.9 Å². The lowest BCUT2D eigenvalue weighted by atomic mass is 10.0. The number of benzene rings is 1. The van der Waals surface area contributed by atoms with Crippen LogP contribution in [0.5, 0.6) is 0 Å². The number of esters is 1. The van der Waals surface area contributed by atoms with Gasteiger partial charge < -0.3 is 4.74 Å². The number of H-pyrrole nitrogens is 1. The summed E-state index contributed by atoms with van der Waals surface area (Å²) in [5, 5.41) is 7.50. The molecule has 1 unspecified atom stereocenters. The molecule has 0 bridgehead atoms. The highest BCUT2D eigenvalue weighted by Gasteiger charge is 2.22. The van der Waals surface area contributed by atoms with E-state index in [4.69, 9.17) is 4.74 Å². The smallest absolute Gasteiger partial charge is 0.303 e. The normalized spacial score (nSPS) is 12.4. The van der Waals surface area contributed by atoms with Crippen LogP contribution in [0.25, 0.3) is 10.9 Å². The molecule has 0 radical (unpaired) electrons. The van der Waals surface area contributed by atoms with Gasteiger partial charge in [-0.15, -0.1) is 0 Å². The first kappa shape index (κ1) is 11.3. The number of ketones is 1. The van der Waals surface area contributed by atoms with E-state index in [9.17, 15) is 9.59 Å². The molecule has 1 aromatic carbocycles. The van der Waals surface area contributed by atoms with E-state index < -0.39 is 12.1 Å². The number of hydrogen-bond donors (Lipinski definition) is 1. The van der Waals surface area contributed by atoms with Crippen molar-refractivity contribution in [1.29, 1.82) is 0 Å². The molecule has 0 spiro atoms. The number of aromatic nitrogens is 2. The molecular weight excluding hydrogens is 220 g/mol. The van der Waals surface area contributed by atoms with E-state index in [1.165, 1.54) is 13.8 Å². The molecule has 1 aromatic heterocycles. The average Bonchev–Trinajstić information content (AvgIpc) is 2.73. The minimum absolute atomic E-state index is 0.214. The quantitative estimate of drug-likeness (QED) is 0.818. The van der Waals surface area contributed by atoms with Crippen molar-refractivity contribution in [1.82, 2.24) is 10.2 Å². The number of Topliss-reactive ketones (excluding diaryl/α,β-unsaturated/α-hetero) is 1. The Labute approximate surface area is 97.8 Å². The van der Waals surface area contributed by atoms with Crippen LogP contribution in [0.1, 0.15) is 25.5 Å². The summed E-state index contributed by atoms with van der Waals surface area (Å²) in [7, 11) is 0. The van der Waals surface area contributed by atoms with Crippen molar-refractivity contribution < 1.29 is 14.3 Å². The van der Waals surface area contributed by atoms with Gasteiger partial charge in [0.1, 0.15) is 0 Å². The highest BCUT2D eigenvalue weighted by molar-refractivity contribution is 5.91. The van der Waals surface area contributed by atoms with Gasteiger partial charge in [0.25, 0.3) is 0 Å². The molecule has 0 fully saturated rings. The second kappa shape index (κ2) is 4.37. The molecule has 5 heteroatoms. The first-order chi connectivity index (χ1) is 8.09. The molecule has 1 atom stereocenters. The fourth-order valence-electron chi connectivity index (χ4n) is 1.75. The molecule has 17 heavy (non-hydrogen) atoms. The van der Waals surface area contributed by atoms with Gasteiger partial charge in [-0.05, 0) is 13.0 Å². The zero-order valence-electron chi connectivity index (χ0n) is 9.56. The van der Waals surface area contributed by atoms with Crippen molar-refractivity contribution in [2.75, 3.05) is 0 Å². The molecule has 2 aromatic rings. The van der Waals surface area contributed by atoms with E-state index in [1.807, 2.05) is 6.07 Å². The topological polar surface area (TPSA) is 72.1 Å². The number of nitrogens with one attached hydrogen (secondary N) is 1. The van der Waals surface area contributed by atoms with Gasteiger partial charge in [-0.1, -0.05) is 12.1 Å². The van der Waals surface area contributed by atoms with Crippen LogP contribution in [-0.4, -0.2) is 21.9 Å². The molecule has 2 rings (SSSR count). The number of hydrogen-bond acceptors (Lipinski definition) is 4. The van der Waals surface area contributed by atoms with Gasteiger partial charge in [-0.3, -0.25) is 14.7 Å². The van der Waals surface area contributed by atoms with Crippen LogP contribution in [0.2, 0.25) is 0 Å². The number of ether oxygens (including phenoxy) is 1. The maximum Gasteiger partial charge on any atom is 0.303 e. The summed E-state index contributed by atoms with van der Waals surface area (Å²) in [4.78, 5) is 22.5. The number of rotatable bonds is 3. The monoisotopic (exact) mass is 232 g/mol. The number of carbonyl (C=O) groups is 2. The number of aromatic amines is 1. The van der Waals surface area contributed by atoms with Crippen LogP contribution in [0.15, 0.2) is 24.4 Å². The molecule has 0 aliphatic carbocycles. The molecule has 0 saturated heterocycles. The standard InChI is InChI=1S/C12H12N2O3/c1-7(15)12(17-8(2)16)9-4-3-5-11-10(9)6-13-14-11/h3-6,12H,1-2H3,(H,13,14). The van der Waals surface area contributed by atoms with Gasteiger partial charge in [0.2, 0.25) is 0 Å². The van der Waals surface area contributed by atoms with Crippen molar-refractivity contribution in [3.05, 3.63) is 30.0 Å².